The van der Waals surface area contributed by atoms with Crippen molar-refractivity contribution < 1.29 is 26.3 Å². The van der Waals surface area contributed by atoms with Gasteiger partial charge in [-0.05, 0) is 68.1 Å². The van der Waals surface area contributed by atoms with E-state index in [-0.39, 0.29) is 41.0 Å². The average Bonchev–Trinajstić information content (AvgIpc) is 2.83. The van der Waals surface area contributed by atoms with Crippen molar-refractivity contribution in [2.75, 3.05) is 62.2 Å². The van der Waals surface area contributed by atoms with Crippen LogP contribution < -0.4 is 9.62 Å². The van der Waals surface area contributed by atoms with Crippen molar-refractivity contribution in [3.05, 3.63) is 46.5 Å². The van der Waals surface area contributed by atoms with Gasteiger partial charge < -0.3 is 14.4 Å². The van der Waals surface area contributed by atoms with Gasteiger partial charge in [0.25, 0.3) is 10.0 Å². The summed E-state index contributed by atoms with van der Waals surface area (Å²) in [6.45, 7) is 10.7. The molecule has 2 aliphatic rings. The Labute approximate surface area is 220 Å². The van der Waals surface area contributed by atoms with Crippen molar-refractivity contribution in [1.82, 2.24) is 4.31 Å². The summed E-state index contributed by atoms with van der Waals surface area (Å²) in [6.07, 6.45) is 0. The highest BCUT2D eigenvalue weighted by atomic mass is 35.5. The fourth-order valence-corrected chi connectivity index (χ4v) is 7.67. The third-order valence-corrected chi connectivity index (χ3v) is 10.3. The number of sulfonamides is 2. The second-order valence-electron chi connectivity index (χ2n) is 8.99. The molecule has 0 bridgehead atoms. The van der Waals surface area contributed by atoms with Crippen molar-refractivity contribution in [2.24, 2.45) is 0 Å². The summed E-state index contributed by atoms with van der Waals surface area (Å²) in [4.78, 5) is 2.28. The Morgan fingerprint density at radius 1 is 0.778 bits per heavy atom. The zero-order valence-electron chi connectivity index (χ0n) is 21.0. The summed E-state index contributed by atoms with van der Waals surface area (Å²) in [5.74, 6) is 0. The van der Waals surface area contributed by atoms with E-state index in [0.29, 0.717) is 56.3 Å². The highest BCUT2D eigenvalue weighted by Crippen LogP contribution is 2.34. The number of morpholine rings is 2. The number of rotatable bonds is 6. The second kappa shape index (κ2) is 11.2. The topological polar surface area (TPSA) is 105 Å². The fourth-order valence-electron chi connectivity index (χ4n) is 4.55. The molecule has 0 amide bonds. The van der Waals surface area contributed by atoms with Gasteiger partial charge in [0.15, 0.2) is 0 Å². The molecule has 2 saturated heterocycles. The van der Waals surface area contributed by atoms with Gasteiger partial charge in [0, 0.05) is 26.2 Å². The lowest BCUT2D eigenvalue weighted by Crippen LogP contribution is -2.40. The molecule has 0 aromatic heterocycles. The first kappa shape index (κ1) is 28.7. The summed E-state index contributed by atoms with van der Waals surface area (Å²) < 4.78 is 68.9. The standard InChI is InChI=1S/C24H33N3O6S2.ClH/c1-17-15-18(2)20(4)24(19(17)3)34(28,29)25-22-16-21(35(30,31)27-9-13-33-14-10-27)5-6-23(22)26-7-11-32-12-8-26;/h5-6,15-16,25H,7-14H2,1-4H3;1H. The van der Waals surface area contributed by atoms with E-state index in [4.69, 9.17) is 9.47 Å². The zero-order valence-corrected chi connectivity index (χ0v) is 23.5. The van der Waals surface area contributed by atoms with Crippen LogP contribution in [0.2, 0.25) is 0 Å². The normalized spacial score (nSPS) is 17.5. The molecule has 9 nitrogen and oxygen atoms in total. The highest BCUT2D eigenvalue weighted by Gasteiger charge is 2.30. The summed E-state index contributed by atoms with van der Waals surface area (Å²) in [5.41, 5.74) is 3.96. The van der Waals surface area contributed by atoms with E-state index in [1.54, 1.807) is 26.0 Å². The molecule has 12 heteroatoms. The molecule has 36 heavy (non-hydrogen) atoms. The minimum Gasteiger partial charge on any atom is -0.379 e. The van der Waals surface area contributed by atoms with Gasteiger partial charge >= 0.3 is 0 Å². The van der Waals surface area contributed by atoms with E-state index in [1.165, 1.54) is 10.4 Å². The van der Waals surface area contributed by atoms with Gasteiger partial charge in [0.1, 0.15) is 0 Å². The van der Waals surface area contributed by atoms with Gasteiger partial charge in [-0.2, -0.15) is 4.31 Å². The van der Waals surface area contributed by atoms with E-state index < -0.39 is 20.0 Å². The van der Waals surface area contributed by atoms with Crippen LogP contribution in [0.3, 0.4) is 0 Å². The summed E-state index contributed by atoms with van der Waals surface area (Å²) in [6, 6.07) is 6.62. The van der Waals surface area contributed by atoms with Crippen molar-refractivity contribution in [1.29, 1.82) is 0 Å². The van der Waals surface area contributed by atoms with Gasteiger partial charge in [0.2, 0.25) is 10.0 Å². The minimum absolute atomic E-state index is 0. The molecule has 2 fully saturated rings. The Balaban J connectivity index is 0.00000361. The van der Waals surface area contributed by atoms with Crippen LogP contribution in [0.4, 0.5) is 11.4 Å². The van der Waals surface area contributed by atoms with Crippen molar-refractivity contribution in [3.8, 4) is 0 Å². The molecule has 0 spiro atoms. The smallest absolute Gasteiger partial charge is 0.262 e. The number of ether oxygens (including phenoxy) is 2. The Bertz CT molecular complexity index is 1290. The lowest BCUT2D eigenvalue weighted by atomic mass is 10.0. The van der Waals surface area contributed by atoms with Crippen LogP contribution in [-0.2, 0) is 29.5 Å². The summed E-state index contributed by atoms with van der Waals surface area (Å²) in [5, 5.41) is 0. The number of anilines is 2. The largest absolute Gasteiger partial charge is 0.379 e. The average molecular weight is 560 g/mol. The van der Waals surface area contributed by atoms with Crippen LogP contribution in [0.25, 0.3) is 0 Å². The SMILES string of the molecule is Cc1cc(C)c(C)c(S(=O)(=O)Nc2cc(S(=O)(=O)N3CCOCC3)ccc2N2CCOCC2)c1C.Cl. The van der Waals surface area contributed by atoms with Gasteiger partial charge in [-0.15, -0.1) is 12.4 Å². The van der Waals surface area contributed by atoms with Crippen molar-refractivity contribution >= 4 is 43.8 Å². The molecule has 0 unspecified atom stereocenters. The second-order valence-corrected chi connectivity index (χ2v) is 12.5. The third kappa shape index (κ3) is 5.66. The maximum Gasteiger partial charge on any atom is 0.262 e. The molecule has 0 aliphatic carbocycles. The number of aryl methyl sites for hydroxylation is 2. The van der Waals surface area contributed by atoms with Gasteiger partial charge in [-0.3, -0.25) is 4.72 Å². The minimum atomic E-state index is -4.00. The molecule has 0 radical (unpaired) electrons. The maximum atomic E-state index is 13.7. The van der Waals surface area contributed by atoms with E-state index in [0.717, 1.165) is 11.1 Å². The molecule has 2 aromatic carbocycles. The molecule has 2 aliphatic heterocycles. The molecule has 0 saturated carbocycles. The first-order valence-electron chi connectivity index (χ1n) is 11.7. The van der Waals surface area contributed by atoms with Crippen LogP contribution in [0.15, 0.2) is 34.1 Å². The van der Waals surface area contributed by atoms with Crippen LogP contribution in [0, 0.1) is 27.7 Å². The van der Waals surface area contributed by atoms with E-state index >= 15 is 0 Å². The molecule has 0 atom stereocenters. The highest BCUT2D eigenvalue weighted by molar-refractivity contribution is 7.93. The molecule has 200 valence electrons. The van der Waals surface area contributed by atoms with E-state index in [9.17, 15) is 16.8 Å². The number of halogens is 1. The molecular formula is C24H34ClN3O6S2. The van der Waals surface area contributed by atoms with Crippen LogP contribution in [0.1, 0.15) is 22.3 Å². The first-order valence-corrected chi connectivity index (χ1v) is 14.6. The van der Waals surface area contributed by atoms with Crippen LogP contribution >= 0.6 is 12.4 Å². The predicted octanol–water partition coefficient (Wildman–Crippen LogP) is 3.00. The molecule has 2 heterocycles. The number of hydrogen-bond donors (Lipinski definition) is 1. The maximum absolute atomic E-state index is 13.7. The monoisotopic (exact) mass is 559 g/mol. The van der Waals surface area contributed by atoms with Crippen LogP contribution in [0.5, 0.6) is 0 Å². The quantitative estimate of drug-likeness (QED) is 0.580. The fraction of sp³-hybridized carbons (Fsp3) is 0.500. The predicted molar refractivity (Wildman–Crippen MR) is 142 cm³/mol. The molecular weight excluding hydrogens is 526 g/mol. The van der Waals surface area contributed by atoms with Crippen molar-refractivity contribution in [3.63, 3.8) is 0 Å². The van der Waals surface area contributed by atoms with Crippen molar-refractivity contribution in [2.45, 2.75) is 37.5 Å². The van der Waals surface area contributed by atoms with Crippen LogP contribution in [-0.4, -0.2) is 73.7 Å². The Hall–Kier alpha value is -1.89. The van der Waals surface area contributed by atoms with Gasteiger partial charge in [-0.1, -0.05) is 6.07 Å². The van der Waals surface area contributed by atoms with Gasteiger partial charge in [-0.25, -0.2) is 16.8 Å². The zero-order chi connectivity index (χ0) is 25.4. The third-order valence-electron chi connectivity index (χ3n) is 6.74. The Morgan fingerprint density at radius 3 is 1.86 bits per heavy atom. The lowest BCUT2D eigenvalue weighted by Gasteiger charge is -2.31. The number of benzene rings is 2. The molecule has 4 rings (SSSR count). The van der Waals surface area contributed by atoms with Gasteiger partial charge in [0.05, 0.1) is 47.6 Å². The number of hydrogen-bond acceptors (Lipinski definition) is 7. The first-order chi connectivity index (χ1) is 16.5. The number of nitrogens with one attached hydrogen (secondary N) is 1. The summed E-state index contributed by atoms with van der Waals surface area (Å²) >= 11 is 0. The Morgan fingerprint density at radius 2 is 1.31 bits per heavy atom. The Kier molecular flexibility index (Phi) is 8.95. The molecule has 2 aromatic rings. The van der Waals surface area contributed by atoms with E-state index in [2.05, 4.69) is 4.72 Å². The summed E-state index contributed by atoms with van der Waals surface area (Å²) in [7, 11) is -7.81. The number of nitrogens with zero attached hydrogens (tertiary/aromatic N) is 2. The lowest BCUT2D eigenvalue weighted by molar-refractivity contribution is 0.0730. The molecule has 1 N–H and O–H groups in total. The van der Waals surface area contributed by atoms with E-state index in [1.807, 2.05) is 24.8 Å².